The minimum atomic E-state index is -0.565. The zero-order valence-electron chi connectivity index (χ0n) is 17.2. The van der Waals surface area contributed by atoms with Crippen LogP contribution < -0.4 is 14.8 Å². The molecule has 2 N–H and O–H groups in total. The van der Waals surface area contributed by atoms with Gasteiger partial charge in [0, 0.05) is 19.6 Å². The largest absolute Gasteiger partial charge is 0.491 e. The first kappa shape index (κ1) is 22.1. The van der Waals surface area contributed by atoms with Crippen molar-refractivity contribution in [3.8, 4) is 11.5 Å². The molecule has 0 saturated carbocycles. The lowest BCUT2D eigenvalue weighted by atomic mass is 10.1. The Balaban J connectivity index is 1.28. The van der Waals surface area contributed by atoms with Gasteiger partial charge in [0.15, 0.2) is 6.61 Å². The van der Waals surface area contributed by atoms with Crippen molar-refractivity contribution in [3.05, 3.63) is 60.2 Å². The summed E-state index contributed by atoms with van der Waals surface area (Å²) in [5.74, 6) is 1.42. The Hall–Kier alpha value is -2.61. The Labute approximate surface area is 177 Å². The van der Waals surface area contributed by atoms with Crippen molar-refractivity contribution in [3.63, 3.8) is 0 Å². The number of amides is 1. The molecule has 0 bridgehead atoms. The zero-order chi connectivity index (χ0) is 21.0. The molecule has 1 aliphatic rings. The minimum absolute atomic E-state index is 0.0126. The summed E-state index contributed by atoms with van der Waals surface area (Å²) in [5, 5.41) is 13.2. The van der Waals surface area contributed by atoms with Gasteiger partial charge in [-0.15, -0.1) is 0 Å². The van der Waals surface area contributed by atoms with Crippen LogP contribution in [0.4, 0.5) is 0 Å². The molecule has 0 aliphatic carbocycles. The number of nitrogens with one attached hydrogen (secondary N) is 1. The van der Waals surface area contributed by atoms with Crippen molar-refractivity contribution in [2.24, 2.45) is 0 Å². The molecule has 1 heterocycles. The molecule has 1 amide bonds. The molecule has 7 nitrogen and oxygen atoms in total. The van der Waals surface area contributed by atoms with Crippen molar-refractivity contribution in [2.75, 3.05) is 52.6 Å². The molecule has 162 valence electrons. The third-order valence-corrected chi connectivity index (χ3v) is 4.81. The third-order valence-electron chi connectivity index (χ3n) is 4.81. The number of carbonyl (C=O) groups is 1. The highest BCUT2D eigenvalue weighted by molar-refractivity contribution is 5.77. The summed E-state index contributed by atoms with van der Waals surface area (Å²) in [5.41, 5.74) is 1.16. The Kier molecular flexibility index (Phi) is 8.96. The number of aliphatic hydroxyl groups is 1. The molecule has 1 aliphatic heterocycles. The second-order valence-electron chi connectivity index (χ2n) is 7.16. The van der Waals surface area contributed by atoms with Gasteiger partial charge in [0.1, 0.15) is 24.2 Å². The lowest BCUT2D eigenvalue weighted by Gasteiger charge is -2.26. The van der Waals surface area contributed by atoms with Crippen molar-refractivity contribution in [1.29, 1.82) is 0 Å². The molecule has 2 aromatic rings. The quantitative estimate of drug-likeness (QED) is 0.543. The van der Waals surface area contributed by atoms with Crippen molar-refractivity contribution >= 4 is 5.91 Å². The first-order chi connectivity index (χ1) is 14.7. The topological polar surface area (TPSA) is 80.3 Å². The van der Waals surface area contributed by atoms with E-state index in [1.807, 2.05) is 54.6 Å². The Bertz CT molecular complexity index is 748. The maximum atomic E-state index is 12.1. The standard InChI is InChI=1S/C23H30N2O5/c26-20(17-29-21-4-2-1-3-5-21)16-24-11-10-19-6-8-22(9-7-19)30-18-23(27)25-12-14-28-15-13-25/h1-9,20,24,26H,10-18H2. The van der Waals surface area contributed by atoms with Crippen LogP contribution in [0.25, 0.3) is 0 Å². The van der Waals surface area contributed by atoms with Gasteiger partial charge in [-0.2, -0.15) is 0 Å². The smallest absolute Gasteiger partial charge is 0.260 e. The molecule has 1 atom stereocenters. The molecule has 30 heavy (non-hydrogen) atoms. The van der Waals surface area contributed by atoms with Crippen molar-refractivity contribution in [2.45, 2.75) is 12.5 Å². The first-order valence-electron chi connectivity index (χ1n) is 10.3. The van der Waals surface area contributed by atoms with Gasteiger partial charge < -0.3 is 29.5 Å². The predicted molar refractivity (Wildman–Crippen MR) is 114 cm³/mol. The molecule has 1 fully saturated rings. The maximum absolute atomic E-state index is 12.1. The van der Waals surface area contributed by atoms with Gasteiger partial charge in [-0.1, -0.05) is 30.3 Å². The van der Waals surface area contributed by atoms with Crippen molar-refractivity contribution in [1.82, 2.24) is 10.2 Å². The van der Waals surface area contributed by atoms with Crippen LogP contribution in [0.2, 0.25) is 0 Å². The fourth-order valence-electron chi connectivity index (χ4n) is 3.07. The van der Waals surface area contributed by atoms with E-state index in [1.54, 1.807) is 4.90 Å². The number of hydrogen-bond donors (Lipinski definition) is 2. The van der Waals surface area contributed by atoms with E-state index < -0.39 is 6.10 Å². The fraction of sp³-hybridized carbons (Fsp3) is 0.435. The van der Waals surface area contributed by atoms with Gasteiger partial charge in [-0.05, 0) is 42.8 Å². The van der Waals surface area contributed by atoms with Gasteiger partial charge in [0.05, 0.1) is 13.2 Å². The summed E-state index contributed by atoms with van der Waals surface area (Å²) in [6.07, 6.45) is 0.268. The summed E-state index contributed by atoms with van der Waals surface area (Å²) in [7, 11) is 0. The summed E-state index contributed by atoms with van der Waals surface area (Å²) in [4.78, 5) is 13.9. The summed E-state index contributed by atoms with van der Waals surface area (Å²) < 4.78 is 16.4. The summed E-state index contributed by atoms with van der Waals surface area (Å²) in [6, 6.07) is 17.2. The van der Waals surface area contributed by atoms with E-state index in [9.17, 15) is 9.90 Å². The van der Waals surface area contributed by atoms with E-state index in [2.05, 4.69) is 5.32 Å². The zero-order valence-corrected chi connectivity index (χ0v) is 17.2. The van der Waals surface area contributed by atoms with Crippen LogP contribution in [0.15, 0.2) is 54.6 Å². The second-order valence-corrected chi connectivity index (χ2v) is 7.16. The molecule has 0 aromatic heterocycles. The fourth-order valence-corrected chi connectivity index (χ4v) is 3.07. The Morgan fingerprint density at radius 2 is 1.73 bits per heavy atom. The van der Waals surface area contributed by atoms with Crippen LogP contribution in [0.3, 0.4) is 0 Å². The molecule has 3 rings (SSSR count). The van der Waals surface area contributed by atoms with E-state index in [4.69, 9.17) is 14.2 Å². The highest BCUT2D eigenvalue weighted by Crippen LogP contribution is 2.13. The van der Waals surface area contributed by atoms with E-state index in [1.165, 1.54) is 0 Å². The lowest BCUT2D eigenvalue weighted by Crippen LogP contribution is -2.42. The van der Waals surface area contributed by atoms with Crippen LogP contribution >= 0.6 is 0 Å². The number of nitrogens with zero attached hydrogens (tertiary/aromatic N) is 1. The number of para-hydroxylation sites is 1. The number of carbonyl (C=O) groups excluding carboxylic acids is 1. The van der Waals surface area contributed by atoms with E-state index in [0.29, 0.717) is 38.6 Å². The molecular weight excluding hydrogens is 384 g/mol. The minimum Gasteiger partial charge on any atom is -0.491 e. The van der Waals surface area contributed by atoms with Gasteiger partial charge in [0.2, 0.25) is 0 Å². The van der Waals surface area contributed by atoms with E-state index in [-0.39, 0.29) is 19.1 Å². The van der Waals surface area contributed by atoms with Crippen LogP contribution in [0.5, 0.6) is 11.5 Å². The van der Waals surface area contributed by atoms with Gasteiger partial charge in [-0.25, -0.2) is 0 Å². The monoisotopic (exact) mass is 414 g/mol. The molecule has 1 saturated heterocycles. The average Bonchev–Trinajstić information content (AvgIpc) is 2.81. The molecule has 1 unspecified atom stereocenters. The van der Waals surface area contributed by atoms with Crippen molar-refractivity contribution < 1.29 is 24.1 Å². The summed E-state index contributed by atoms with van der Waals surface area (Å²) >= 11 is 0. The number of benzene rings is 2. The normalized spacial score (nSPS) is 14.9. The molecular formula is C23H30N2O5. The first-order valence-corrected chi connectivity index (χ1v) is 10.3. The SMILES string of the molecule is O=C(COc1ccc(CCNCC(O)COc2ccccc2)cc1)N1CCOCC1. The predicted octanol–water partition coefficient (Wildman–Crippen LogP) is 1.50. The van der Waals surface area contributed by atoms with Gasteiger partial charge in [-0.3, -0.25) is 4.79 Å². The van der Waals surface area contributed by atoms with Crippen LogP contribution in [-0.4, -0.2) is 74.6 Å². The van der Waals surface area contributed by atoms with Gasteiger partial charge in [0.25, 0.3) is 5.91 Å². The Morgan fingerprint density at radius 3 is 2.47 bits per heavy atom. The molecule has 0 spiro atoms. The maximum Gasteiger partial charge on any atom is 0.260 e. The van der Waals surface area contributed by atoms with E-state index >= 15 is 0 Å². The van der Waals surface area contributed by atoms with Gasteiger partial charge >= 0.3 is 0 Å². The van der Waals surface area contributed by atoms with Crippen LogP contribution in [0, 0.1) is 0 Å². The van der Waals surface area contributed by atoms with Crippen LogP contribution in [-0.2, 0) is 16.0 Å². The summed E-state index contributed by atoms with van der Waals surface area (Å²) in [6.45, 7) is 3.95. The highest BCUT2D eigenvalue weighted by atomic mass is 16.5. The van der Waals surface area contributed by atoms with Crippen LogP contribution in [0.1, 0.15) is 5.56 Å². The number of hydrogen-bond acceptors (Lipinski definition) is 6. The molecule has 7 heteroatoms. The number of morpholine rings is 1. The number of rotatable bonds is 11. The number of aliphatic hydroxyl groups excluding tert-OH is 1. The second kappa shape index (κ2) is 12.2. The average molecular weight is 415 g/mol. The molecule has 0 radical (unpaired) electrons. The highest BCUT2D eigenvalue weighted by Gasteiger charge is 2.17. The Morgan fingerprint density at radius 1 is 1.03 bits per heavy atom. The van der Waals surface area contributed by atoms with E-state index in [0.717, 1.165) is 24.3 Å². The number of ether oxygens (including phenoxy) is 3. The third kappa shape index (κ3) is 7.67. The molecule has 2 aromatic carbocycles. The lowest BCUT2D eigenvalue weighted by molar-refractivity contribution is -0.137.